The number of benzene rings is 3. The Labute approximate surface area is 127 Å². The largest absolute Gasteiger partial charge is 0.488 e. The van der Waals surface area contributed by atoms with Gasteiger partial charge in [-0.25, -0.2) is 0 Å². The Morgan fingerprint density at radius 1 is 0.900 bits per heavy atom. The van der Waals surface area contributed by atoms with Crippen LogP contribution in [0.4, 0.5) is 0 Å². The minimum Gasteiger partial charge on any atom is -0.488 e. The van der Waals surface area contributed by atoms with Gasteiger partial charge in [-0.1, -0.05) is 60.2 Å². The van der Waals surface area contributed by atoms with Crippen LogP contribution in [0.1, 0.15) is 11.1 Å². The summed E-state index contributed by atoms with van der Waals surface area (Å²) in [7, 11) is 0. The molecule has 0 atom stereocenters. The number of halogens is 1. The first-order valence-electron chi connectivity index (χ1n) is 6.59. The fraction of sp³-hybridized carbons (Fsp3) is 0.111. The second kappa shape index (κ2) is 5.68. The molecule has 0 saturated heterocycles. The van der Waals surface area contributed by atoms with Gasteiger partial charge in [-0.2, -0.15) is 0 Å². The van der Waals surface area contributed by atoms with Crippen LogP contribution in [-0.4, -0.2) is 0 Å². The zero-order valence-corrected chi connectivity index (χ0v) is 12.9. The van der Waals surface area contributed by atoms with Gasteiger partial charge in [-0.3, -0.25) is 0 Å². The average molecular weight is 327 g/mol. The summed E-state index contributed by atoms with van der Waals surface area (Å²) in [6, 6.07) is 20.8. The zero-order chi connectivity index (χ0) is 13.9. The highest BCUT2D eigenvalue weighted by atomic mass is 79.9. The number of fused-ring (bicyclic) bond motifs is 1. The molecule has 20 heavy (non-hydrogen) atoms. The SMILES string of the molecule is Cc1ccc(COc2ccc3ccccc3c2Br)cc1. The van der Waals surface area contributed by atoms with Gasteiger partial charge in [0.05, 0.1) is 4.47 Å². The van der Waals surface area contributed by atoms with Crippen LogP contribution in [0.3, 0.4) is 0 Å². The van der Waals surface area contributed by atoms with Gasteiger partial charge in [0.1, 0.15) is 12.4 Å². The second-order valence-electron chi connectivity index (χ2n) is 4.87. The molecule has 0 aliphatic heterocycles. The van der Waals surface area contributed by atoms with Gasteiger partial charge < -0.3 is 4.74 Å². The second-order valence-corrected chi connectivity index (χ2v) is 5.67. The van der Waals surface area contributed by atoms with E-state index < -0.39 is 0 Å². The molecule has 0 aromatic heterocycles. The number of rotatable bonds is 3. The Bertz CT molecular complexity index is 732. The zero-order valence-electron chi connectivity index (χ0n) is 11.3. The number of aryl methyl sites for hydroxylation is 1. The molecule has 0 radical (unpaired) electrons. The number of ether oxygens (including phenoxy) is 1. The lowest BCUT2D eigenvalue weighted by Gasteiger charge is -2.10. The fourth-order valence-electron chi connectivity index (χ4n) is 2.17. The van der Waals surface area contributed by atoms with Crippen molar-refractivity contribution in [3.8, 4) is 5.75 Å². The van der Waals surface area contributed by atoms with Gasteiger partial charge in [0.2, 0.25) is 0 Å². The van der Waals surface area contributed by atoms with E-state index in [1.807, 2.05) is 18.2 Å². The van der Waals surface area contributed by atoms with Crippen LogP contribution in [-0.2, 0) is 6.61 Å². The normalized spacial score (nSPS) is 10.7. The lowest BCUT2D eigenvalue weighted by Crippen LogP contribution is -1.96. The van der Waals surface area contributed by atoms with Crippen molar-refractivity contribution in [2.24, 2.45) is 0 Å². The van der Waals surface area contributed by atoms with Crippen molar-refractivity contribution in [2.75, 3.05) is 0 Å². The maximum absolute atomic E-state index is 5.92. The summed E-state index contributed by atoms with van der Waals surface area (Å²) in [6.45, 7) is 2.67. The van der Waals surface area contributed by atoms with E-state index >= 15 is 0 Å². The predicted octanol–water partition coefficient (Wildman–Crippen LogP) is 5.49. The molecule has 1 nitrogen and oxygen atoms in total. The first-order valence-corrected chi connectivity index (χ1v) is 7.39. The summed E-state index contributed by atoms with van der Waals surface area (Å²) >= 11 is 3.64. The minimum absolute atomic E-state index is 0.581. The van der Waals surface area contributed by atoms with E-state index in [9.17, 15) is 0 Å². The molecule has 100 valence electrons. The Kier molecular flexibility index (Phi) is 3.75. The summed E-state index contributed by atoms with van der Waals surface area (Å²) in [5, 5.41) is 2.39. The molecule has 0 saturated carbocycles. The fourth-order valence-corrected chi connectivity index (χ4v) is 2.78. The Balaban J connectivity index is 1.84. The van der Waals surface area contributed by atoms with Crippen molar-refractivity contribution in [1.82, 2.24) is 0 Å². The van der Waals surface area contributed by atoms with E-state index in [-0.39, 0.29) is 0 Å². The molecular formula is C18H15BrO. The van der Waals surface area contributed by atoms with Gasteiger partial charge in [0.15, 0.2) is 0 Å². The van der Waals surface area contributed by atoms with Crippen molar-refractivity contribution in [3.05, 3.63) is 76.3 Å². The van der Waals surface area contributed by atoms with Crippen LogP contribution in [0.2, 0.25) is 0 Å². The predicted molar refractivity (Wildman–Crippen MR) is 87.2 cm³/mol. The molecule has 0 bridgehead atoms. The molecule has 0 amide bonds. The summed E-state index contributed by atoms with van der Waals surface area (Å²) < 4.78 is 6.94. The molecule has 3 aromatic carbocycles. The van der Waals surface area contributed by atoms with Crippen molar-refractivity contribution in [2.45, 2.75) is 13.5 Å². The highest BCUT2D eigenvalue weighted by molar-refractivity contribution is 9.10. The van der Waals surface area contributed by atoms with Crippen LogP contribution in [0.25, 0.3) is 10.8 Å². The minimum atomic E-state index is 0.581. The quantitative estimate of drug-likeness (QED) is 0.618. The maximum Gasteiger partial charge on any atom is 0.134 e. The molecule has 3 rings (SSSR count). The monoisotopic (exact) mass is 326 g/mol. The van der Waals surface area contributed by atoms with Crippen LogP contribution < -0.4 is 4.74 Å². The molecular weight excluding hydrogens is 312 g/mol. The smallest absolute Gasteiger partial charge is 0.134 e. The molecule has 0 unspecified atom stereocenters. The Morgan fingerprint density at radius 2 is 1.65 bits per heavy atom. The summed E-state index contributed by atoms with van der Waals surface area (Å²) in [4.78, 5) is 0. The van der Waals surface area contributed by atoms with Crippen LogP contribution in [0.5, 0.6) is 5.75 Å². The molecule has 2 heteroatoms. The van der Waals surface area contributed by atoms with Gasteiger partial charge in [0, 0.05) is 0 Å². The van der Waals surface area contributed by atoms with E-state index in [1.54, 1.807) is 0 Å². The molecule has 0 fully saturated rings. The standard InChI is InChI=1S/C18H15BrO/c1-13-6-8-14(9-7-13)12-20-17-11-10-15-4-2-3-5-16(15)18(17)19/h2-11H,12H2,1H3. The van der Waals surface area contributed by atoms with Crippen molar-refractivity contribution >= 4 is 26.7 Å². The number of hydrogen-bond acceptors (Lipinski definition) is 1. The van der Waals surface area contributed by atoms with Crippen molar-refractivity contribution < 1.29 is 4.74 Å². The first-order chi connectivity index (χ1) is 9.74. The van der Waals surface area contributed by atoms with Crippen molar-refractivity contribution in [1.29, 1.82) is 0 Å². The lowest BCUT2D eigenvalue weighted by atomic mass is 10.1. The van der Waals surface area contributed by atoms with Gasteiger partial charge in [-0.15, -0.1) is 0 Å². The molecule has 0 heterocycles. The molecule has 0 N–H and O–H groups in total. The van der Waals surface area contributed by atoms with E-state index in [4.69, 9.17) is 4.74 Å². The van der Waals surface area contributed by atoms with Gasteiger partial charge in [0.25, 0.3) is 0 Å². The van der Waals surface area contributed by atoms with Gasteiger partial charge in [-0.05, 0) is 45.3 Å². The molecule has 0 aliphatic carbocycles. The van der Waals surface area contributed by atoms with Crippen LogP contribution in [0.15, 0.2) is 65.1 Å². The van der Waals surface area contributed by atoms with Crippen molar-refractivity contribution in [3.63, 3.8) is 0 Å². The molecule has 0 spiro atoms. The van der Waals surface area contributed by atoms with Crippen LogP contribution in [0, 0.1) is 6.92 Å². The van der Waals surface area contributed by atoms with Gasteiger partial charge >= 0.3 is 0 Å². The Morgan fingerprint density at radius 3 is 2.45 bits per heavy atom. The third kappa shape index (κ3) is 2.70. The third-order valence-electron chi connectivity index (χ3n) is 3.34. The highest BCUT2D eigenvalue weighted by Crippen LogP contribution is 2.33. The van der Waals surface area contributed by atoms with E-state index in [1.165, 1.54) is 21.9 Å². The van der Waals surface area contributed by atoms with E-state index in [0.717, 1.165) is 10.2 Å². The lowest BCUT2D eigenvalue weighted by molar-refractivity contribution is 0.305. The van der Waals surface area contributed by atoms with Crippen LogP contribution >= 0.6 is 15.9 Å². The average Bonchev–Trinajstić information content (AvgIpc) is 2.49. The first kappa shape index (κ1) is 13.2. The number of hydrogen-bond donors (Lipinski definition) is 0. The Hall–Kier alpha value is -1.80. The molecule has 0 aliphatic rings. The summed E-state index contributed by atoms with van der Waals surface area (Å²) in [5.41, 5.74) is 2.44. The summed E-state index contributed by atoms with van der Waals surface area (Å²) in [6.07, 6.45) is 0. The topological polar surface area (TPSA) is 9.23 Å². The van der Waals surface area contributed by atoms with E-state index in [0.29, 0.717) is 6.61 Å². The van der Waals surface area contributed by atoms with E-state index in [2.05, 4.69) is 65.3 Å². The third-order valence-corrected chi connectivity index (χ3v) is 4.16. The maximum atomic E-state index is 5.92. The summed E-state index contributed by atoms with van der Waals surface area (Å²) in [5.74, 6) is 0.879. The molecule has 3 aromatic rings. The highest BCUT2D eigenvalue weighted by Gasteiger charge is 2.06.